The number of nitro groups is 1. The third-order valence-electron chi connectivity index (χ3n) is 4.42. The molecule has 0 radical (unpaired) electrons. The zero-order valence-electron chi connectivity index (χ0n) is 14.1. The van der Waals surface area contributed by atoms with E-state index >= 15 is 0 Å². The van der Waals surface area contributed by atoms with Gasteiger partial charge in [0.25, 0.3) is 5.69 Å². The van der Waals surface area contributed by atoms with Crippen molar-refractivity contribution in [3.8, 4) is 0 Å². The first-order valence-corrected chi connectivity index (χ1v) is 8.30. The molecule has 1 aromatic carbocycles. The predicted molar refractivity (Wildman–Crippen MR) is 90.9 cm³/mol. The summed E-state index contributed by atoms with van der Waals surface area (Å²) < 4.78 is 5.09. The van der Waals surface area contributed by atoms with Crippen molar-refractivity contribution >= 4 is 11.6 Å². The van der Waals surface area contributed by atoms with E-state index in [-0.39, 0.29) is 18.0 Å². The van der Waals surface area contributed by atoms with E-state index in [1.54, 1.807) is 19.2 Å². The van der Waals surface area contributed by atoms with E-state index in [9.17, 15) is 14.9 Å². The van der Waals surface area contributed by atoms with Crippen LogP contribution in [0.1, 0.15) is 18.4 Å². The van der Waals surface area contributed by atoms with Crippen LogP contribution in [-0.4, -0.2) is 55.6 Å². The highest BCUT2D eigenvalue weighted by molar-refractivity contribution is 5.78. The summed E-state index contributed by atoms with van der Waals surface area (Å²) in [4.78, 5) is 24.6. The standard InChI is InChI=1S/C17H25N3O4/c1-24-11-10-19-8-6-15(7-9-19)13-18-17(21)12-14-2-4-16(5-3-14)20(22)23/h2-5,15H,6-13H2,1H3,(H,18,21). The van der Waals surface area contributed by atoms with Gasteiger partial charge in [0, 0.05) is 32.3 Å². The maximum Gasteiger partial charge on any atom is 0.269 e. The molecule has 24 heavy (non-hydrogen) atoms. The normalized spacial score (nSPS) is 16.0. The smallest absolute Gasteiger partial charge is 0.269 e. The number of methoxy groups -OCH3 is 1. The largest absolute Gasteiger partial charge is 0.383 e. The number of amides is 1. The Bertz CT molecular complexity index is 539. The highest BCUT2D eigenvalue weighted by atomic mass is 16.6. The molecular weight excluding hydrogens is 310 g/mol. The topological polar surface area (TPSA) is 84.7 Å². The minimum absolute atomic E-state index is 0.0364. The van der Waals surface area contributed by atoms with E-state index in [0.717, 1.165) is 44.6 Å². The average molecular weight is 335 g/mol. The third-order valence-corrected chi connectivity index (χ3v) is 4.42. The molecule has 7 heteroatoms. The number of nitro benzene ring substituents is 1. The number of ether oxygens (including phenoxy) is 1. The van der Waals surface area contributed by atoms with Crippen LogP contribution in [0.4, 0.5) is 5.69 Å². The van der Waals surface area contributed by atoms with Crippen LogP contribution >= 0.6 is 0 Å². The number of nitrogens with zero attached hydrogens (tertiary/aromatic N) is 2. The molecule has 0 saturated carbocycles. The van der Waals surface area contributed by atoms with Crippen molar-refractivity contribution in [2.45, 2.75) is 19.3 Å². The van der Waals surface area contributed by atoms with E-state index in [0.29, 0.717) is 12.5 Å². The van der Waals surface area contributed by atoms with Gasteiger partial charge in [-0.05, 0) is 37.4 Å². The van der Waals surface area contributed by atoms with Gasteiger partial charge in [-0.15, -0.1) is 0 Å². The first-order chi connectivity index (χ1) is 11.6. The van der Waals surface area contributed by atoms with Crippen LogP contribution in [0.15, 0.2) is 24.3 Å². The van der Waals surface area contributed by atoms with Gasteiger partial charge in [-0.3, -0.25) is 14.9 Å². The number of hydrogen-bond acceptors (Lipinski definition) is 5. The van der Waals surface area contributed by atoms with Crippen molar-refractivity contribution in [1.29, 1.82) is 0 Å². The van der Waals surface area contributed by atoms with Gasteiger partial charge in [0.05, 0.1) is 18.0 Å². The molecule has 1 N–H and O–H groups in total. The third kappa shape index (κ3) is 5.90. The number of hydrogen-bond donors (Lipinski definition) is 1. The zero-order chi connectivity index (χ0) is 17.4. The zero-order valence-corrected chi connectivity index (χ0v) is 14.1. The molecule has 0 atom stereocenters. The van der Waals surface area contributed by atoms with Gasteiger partial charge in [0.2, 0.25) is 5.91 Å². The Kier molecular flexibility index (Phi) is 7.14. The molecule has 1 aliphatic rings. The first kappa shape index (κ1) is 18.4. The Labute approximate surface area is 142 Å². The Morgan fingerprint density at radius 1 is 1.33 bits per heavy atom. The monoisotopic (exact) mass is 335 g/mol. The summed E-state index contributed by atoms with van der Waals surface area (Å²) in [7, 11) is 1.72. The van der Waals surface area contributed by atoms with Crippen LogP contribution in [0.5, 0.6) is 0 Å². The second kappa shape index (κ2) is 9.34. The molecule has 0 unspecified atom stereocenters. The lowest BCUT2D eigenvalue weighted by Crippen LogP contribution is -2.40. The van der Waals surface area contributed by atoms with E-state index in [2.05, 4.69) is 10.2 Å². The van der Waals surface area contributed by atoms with Crippen molar-refractivity contribution < 1.29 is 14.5 Å². The molecular formula is C17H25N3O4. The van der Waals surface area contributed by atoms with Gasteiger partial charge in [-0.2, -0.15) is 0 Å². The Balaban J connectivity index is 1.67. The van der Waals surface area contributed by atoms with Crippen molar-refractivity contribution in [3.05, 3.63) is 39.9 Å². The Morgan fingerprint density at radius 3 is 2.58 bits per heavy atom. The SMILES string of the molecule is COCCN1CCC(CNC(=O)Cc2ccc([N+](=O)[O-])cc2)CC1. The van der Waals surface area contributed by atoms with Crippen molar-refractivity contribution in [2.24, 2.45) is 5.92 Å². The van der Waals surface area contributed by atoms with E-state index < -0.39 is 4.92 Å². The van der Waals surface area contributed by atoms with Crippen LogP contribution in [0.25, 0.3) is 0 Å². The van der Waals surface area contributed by atoms with Crippen LogP contribution in [0.3, 0.4) is 0 Å². The molecule has 2 rings (SSSR count). The molecule has 0 aliphatic carbocycles. The molecule has 1 aromatic rings. The number of carbonyl (C=O) groups is 1. The highest BCUT2D eigenvalue weighted by Crippen LogP contribution is 2.16. The minimum atomic E-state index is -0.442. The lowest BCUT2D eigenvalue weighted by Gasteiger charge is -2.31. The fraction of sp³-hybridized carbons (Fsp3) is 0.588. The fourth-order valence-electron chi connectivity index (χ4n) is 2.88. The van der Waals surface area contributed by atoms with Gasteiger partial charge in [-0.1, -0.05) is 12.1 Å². The quantitative estimate of drug-likeness (QED) is 0.576. The van der Waals surface area contributed by atoms with Crippen molar-refractivity contribution in [3.63, 3.8) is 0 Å². The van der Waals surface area contributed by atoms with Gasteiger partial charge < -0.3 is 15.0 Å². The number of benzene rings is 1. The lowest BCUT2D eigenvalue weighted by atomic mass is 9.96. The molecule has 1 fully saturated rings. The average Bonchev–Trinajstić information content (AvgIpc) is 2.59. The molecule has 1 saturated heterocycles. The molecule has 1 amide bonds. The summed E-state index contributed by atoms with van der Waals surface area (Å²) in [6, 6.07) is 6.12. The number of carbonyl (C=O) groups excluding carboxylic acids is 1. The van der Waals surface area contributed by atoms with Crippen molar-refractivity contribution in [1.82, 2.24) is 10.2 Å². The van der Waals surface area contributed by atoms with E-state index in [4.69, 9.17) is 4.74 Å². The number of likely N-dealkylation sites (tertiary alicyclic amines) is 1. The molecule has 0 bridgehead atoms. The Hall–Kier alpha value is -1.99. The van der Waals surface area contributed by atoms with E-state index in [1.165, 1.54) is 12.1 Å². The first-order valence-electron chi connectivity index (χ1n) is 8.30. The second-order valence-electron chi connectivity index (χ2n) is 6.18. The van der Waals surface area contributed by atoms with Crippen LogP contribution in [0.2, 0.25) is 0 Å². The molecule has 0 aromatic heterocycles. The molecule has 0 spiro atoms. The van der Waals surface area contributed by atoms with Gasteiger partial charge in [-0.25, -0.2) is 0 Å². The number of rotatable bonds is 8. The minimum Gasteiger partial charge on any atom is -0.383 e. The molecule has 1 heterocycles. The summed E-state index contributed by atoms with van der Waals surface area (Å²) in [5, 5.41) is 13.6. The van der Waals surface area contributed by atoms with E-state index in [1.807, 2.05) is 0 Å². The summed E-state index contributed by atoms with van der Waals surface area (Å²) in [6.07, 6.45) is 2.42. The van der Waals surface area contributed by atoms with Gasteiger partial charge in [0.1, 0.15) is 0 Å². The number of nitrogens with one attached hydrogen (secondary N) is 1. The summed E-state index contributed by atoms with van der Waals surface area (Å²) in [5.74, 6) is 0.482. The summed E-state index contributed by atoms with van der Waals surface area (Å²) in [6.45, 7) is 4.52. The predicted octanol–water partition coefficient (Wildman–Crippen LogP) is 1.61. The van der Waals surface area contributed by atoms with Crippen LogP contribution in [-0.2, 0) is 16.0 Å². The summed E-state index contributed by atoms with van der Waals surface area (Å²) in [5.41, 5.74) is 0.826. The maximum absolute atomic E-state index is 12.0. The number of piperidine rings is 1. The second-order valence-corrected chi connectivity index (χ2v) is 6.18. The molecule has 132 valence electrons. The fourth-order valence-corrected chi connectivity index (χ4v) is 2.88. The van der Waals surface area contributed by atoms with Gasteiger partial charge >= 0.3 is 0 Å². The molecule has 1 aliphatic heterocycles. The Morgan fingerprint density at radius 2 is 2.00 bits per heavy atom. The maximum atomic E-state index is 12.0. The number of non-ortho nitro benzene ring substituents is 1. The van der Waals surface area contributed by atoms with Crippen LogP contribution < -0.4 is 5.32 Å². The highest BCUT2D eigenvalue weighted by Gasteiger charge is 2.19. The van der Waals surface area contributed by atoms with Crippen molar-refractivity contribution in [2.75, 3.05) is 39.9 Å². The van der Waals surface area contributed by atoms with Gasteiger partial charge in [0.15, 0.2) is 0 Å². The molecule has 7 nitrogen and oxygen atoms in total. The lowest BCUT2D eigenvalue weighted by molar-refractivity contribution is -0.384. The van der Waals surface area contributed by atoms with Crippen LogP contribution in [0, 0.1) is 16.0 Å². The summed E-state index contributed by atoms with van der Waals surface area (Å²) >= 11 is 0.